The Morgan fingerprint density at radius 3 is 2.29 bits per heavy atom. The minimum Gasteiger partial charge on any atom is -0.496 e. The van der Waals surface area contributed by atoms with Crippen LogP contribution < -0.4 is 19.5 Å². The van der Waals surface area contributed by atoms with Crippen LogP contribution in [-0.2, 0) is 21.4 Å². The van der Waals surface area contributed by atoms with E-state index < -0.39 is 10.0 Å². The van der Waals surface area contributed by atoms with Crippen molar-refractivity contribution in [3.63, 3.8) is 0 Å². The van der Waals surface area contributed by atoms with Gasteiger partial charge in [-0.2, -0.15) is 0 Å². The number of benzene rings is 3. The van der Waals surface area contributed by atoms with E-state index in [0.717, 1.165) is 11.1 Å². The van der Waals surface area contributed by atoms with Crippen LogP contribution in [0.5, 0.6) is 11.5 Å². The number of hydrogen-bond acceptors (Lipinski definition) is 5. The number of aryl methyl sites for hydroxylation is 1. The Morgan fingerprint density at radius 1 is 0.935 bits per heavy atom. The molecule has 0 aromatic heterocycles. The van der Waals surface area contributed by atoms with Gasteiger partial charge in [0.25, 0.3) is 15.9 Å². The van der Waals surface area contributed by atoms with Gasteiger partial charge in [0.2, 0.25) is 0 Å². The molecule has 0 saturated heterocycles. The molecule has 162 valence electrons. The van der Waals surface area contributed by atoms with Crippen molar-refractivity contribution in [2.45, 2.75) is 18.4 Å². The van der Waals surface area contributed by atoms with E-state index in [2.05, 4.69) is 10.0 Å². The van der Waals surface area contributed by atoms with Crippen molar-refractivity contribution in [2.75, 3.05) is 18.4 Å². The zero-order valence-electron chi connectivity index (χ0n) is 17.3. The van der Waals surface area contributed by atoms with Gasteiger partial charge in [0.1, 0.15) is 11.5 Å². The molecule has 0 aliphatic carbocycles. The average molecular weight is 441 g/mol. The van der Waals surface area contributed by atoms with E-state index in [9.17, 15) is 13.2 Å². The molecule has 3 aromatic carbocycles. The summed E-state index contributed by atoms with van der Waals surface area (Å²) in [6, 6.07) is 20.3. The van der Waals surface area contributed by atoms with Crippen molar-refractivity contribution >= 4 is 21.6 Å². The van der Waals surface area contributed by atoms with Crippen LogP contribution in [0.25, 0.3) is 0 Å². The first-order valence-electron chi connectivity index (χ1n) is 9.58. The first-order valence-corrected chi connectivity index (χ1v) is 11.1. The molecule has 0 radical (unpaired) electrons. The van der Waals surface area contributed by atoms with Gasteiger partial charge in [0.05, 0.1) is 12.0 Å². The van der Waals surface area contributed by atoms with E-state index in [1.807, 2.05) is 43.3 Å². The number of carbonyl (C=O) groups excluding carboxylic acids is 1. The van der Waals surface area contributed by atoms with Crippen molar-refractivity contribution < 1.29 is 22.7 Å². The van der Waals surface area contributed by atoms with Gasteiger partial charge in [-0.3, -0.25) is 9.52 Å². The topological polar surface area (TPSA) is 93.7 Å². The summed E-state index contributed by atoms with van der Waals surface area (Å²) >= 11 is 0. The van der Waals surface area contributed by atoms with Crippen molar-refractivity contribution in [2.24, 2.45) is 0 Å². The lowest BCUT2D eigenvalue weighted by molar-refractivity contribution is -0.123. The number of para-hydroxylation sites is 1. The van der Waals surface area contributed by atoms with E-state index in [0.29, 0.717) is 23.7 Å². The third-order valence-corrected chi connectivity index (χ3v) is 5.87. The highest BCUT2D eigenvalue weighted by Crippen LogP contribution is 2.20. The number of rotatable bonds is 9. The molecule has 0 bridgehead atoms. The van der Waals surface area contributed by atoms with Crippen LogP contribution >= 0.6 is 0 Å². The van der Waals surface area contributed by atoms with Gasteiger partial charge in [-0.25, -0.2) is 8.42 Å². The summed E-state index contributed by atoms with van der Waals surface area (Å²) in [5, 5.41) is 2.76. The van der Waals surface area contributed by atoms with Gasteiger partial charge in [-0.1, -0.05) is 35.9 Å². The zero-order valence-corrected chi connectivity index (χ0v) is 18.1. The molecule has 0 heterocycles. The fraction of sp³-hybridized carbons (Fsp3) is 0.174. The van der Waals surface area contributed by atoms with Crippen LogP contribution in [0.3, 0.4) is 0 Å². The lowest BCUT2D eigenvalue weighted by Crippen LogP contribution is -2.28. The zero-order chi connectivity index (χ0) is 22.3. The van der Waals surface area contributed by atoms with E-state index in [1.54, 1.807) is 19.2 Å². The third-order valence-electron chi connectivity index (χ3n) is 4.48. The van der Waals surface area contributed by atoms with Crippen LogP contribution in [0.2, 0.25) is 0 Å². The van der Waals surface area contributed by atoms with Crippen molar-refractivity contribution in [3.8, 4) is 11.5 Å². The normalized spacial score (nSPS) is 10.9. The highest BCUT2D eigenvalue weighted by Gasteiger charge is 2.14. The van der Waals surface area contributed by atoms with Gasteiger partial charge < -0.3 is 14.8 Å². The summed E-state index contributed by atoms with van der Waals surface area (Å²) in [6.07, 6.45) is 0. The van der Waals surface area contributed by atoms with Gasteiger partial charge in [-0.15, -0.1) is 0 Å². The molecule has 31 heavy (non-hydrogen) atoms. The lowest BCUT2D eigenvalue weighted by Gasteiger charge is -2.11. The number of anilines is 1. The smallest absolute Gasteiger partial charge is 0.261 e. The Bertz CT molecular complexity index is 1130. The second kappa shape index (κ2) is 9.99. The highest BCUT2D eigenvalue weighted by molar-refractivity contribution is 7.92. The first-order chi connectivity index (χ1) is 14.9. The molecular weight excluding hydrogens is 416 g/mol. The number of ether oxygens (including phenoxy) is 2. The van der Waals surface area contributed by atoms with E-state index in [4.69, 9.17) is 9.47 Å². The molecule has 0 unspecified atom stereocenters. The minimum atomic E-state index is -3.72. The van der Waals surface area contributed by atoms with Crippen molar-refractivity contribution in [1.82, 2.24) is 5.32 Å². The Morgan fingerprint density at radius 2 is 1.61 bits per heavy atom. The number of methoxy groups -OCH3 is 1. The summed E-state index contributed by atoms with van der Waals surface area (Å²) in [5.41, 5.74) is 2.38. The fourth-order valence-electron chi connectivity index (χ4n) is 2.79. The highest BCUT2D eigenvalue weighted by atomic mass is 32.2. The monoisotopic (exact) mass is 440 g/mol. The van der Waals surface area contributed by atoms with Crippen LogP contribution in [0.1, 0.15) is 11.1 Å². The molecule has 1 amide bonds. The number of carbonyl (C=O) groups is 1. The molecule has 0 fully saturated rings. The van der Waals surface area contributed by atoms with Crippen molar-refractivity contribution in [1.29, 1.82) is 0 Å². The molecule has 3 rings (SSSR count). The maximum absolute atomic E-state index is 12.5. The van der Waals surface area contributed by atoms with Crippen molar-refractivity contribution in [3.05, 3.63) is 83.9 Å². The summed E-state index contributed by atoms with van der Waals surface area (Å²) in [6.45, 7) is 2.05. The first kappa shape index (κ1) is 22.2. The summed E-state index contributed by atoms with van der Waals surface area (Å²) in [7, 11) is -2.14. The maximum atomic E-state index is 12.5. The quantitative estimate of drug-likeness (QED) is 0.531. The van der Waals surface area contributed by atoms with Gasteiger partial charge >= 0.3 is 0 Å². The van der Waals surface area contributed by atoms with Crippen LogP contribution in [0.4, 0.5) is 5.69 Å². The van der Waals surface area contributed by atoms with Gasteiger partial charge in [-0.05, 0) is 49.4 Å². The standard InChI is InChI=1S/C23H24N2O5S/c1-17-7-9-19(10-8-17)25-31(27,28)21-13-11-20(12-14-21)30-16-23(26)24-15-18-5-3-4-6-22(18)29-2/h3-14,25H,15-16H2,1-2H3,(H,24,26). The Labute approximate surface area is 182 Å². The van der Waals surface area contributed by atoms with Crippen LogP contribution in [0.15, 0.2) is 77.7 Å². The molecule has 7 nitrogen and oxygen atoms in total. The molecular formula is C23H24N2O5S. The summed E-state index contributed by atoms with van der Waals surface area (Å²) in [5.74, 6) is 0.783. The molecule has 0 aliphatic rings. The number of hydrogen-bond donors (Lipinski definition) is 2. The van der Waals surface area contributed by atoms with Gasteiger partial charge in [0.15, 0.2) is 6.61 Å². The molecule has 3 aromatic rings. The summed E-state index contributed by atoms with van der Waals surface area (Å²) in [4.78, 5) is 12.2. The Hall–Kier alpha value is -3.52. The lowest BCUT2D eigenvalue weighted by atomic mass is 10.2. The molecule has 0 spiro atoms. The molecule has 0 aliphatic heterocycles. The van der Waals surface area contributed by atoms with Crippen LogP contribution in [-0.4, -0.2) is 28.0 Å². The van der Waals surface area contributed by atoms with E-state index in [-0.39, 0.29) is 17.4 Å². The number of sulfonamides is 1. The second-order valence-corrected chi connectivity index (χ2v) is 8.50. The predicted octanol–water partition coefficient (Wildman–Crippen LogP) is 3.50. The molecule has 0 saturated carbocycles. The molecule has 0 atom stereocenters. The molecule has 2 N–H and O–H groups in total. The minimum absolute atomic E-state index is 0.0982. The summed E-state index contributed by atoms with van der Waals surface area (Å²) < 4.78 is 38.3. The van der Waals surface area contributed by atoms with Crippen LogP contribution in [0, 0.1) is 6.92 Å². The SMILES string of the molecule is COc1ccccc1CNC(=O)COc1ccc(S(=O)(=O)Nc2ccc(C)cc2)cc1. The number of amides is 1. The van der Waals surface area contributed by atoms with Gasteiger partial charge in [0, 0.05) is 17.8 Å². The Balaban J connectivity index is 1.53. The largest absolute Gasteiger partial charge is 0.496 e. The van der Waals surface area contributed by atoms with E-state index in [1.165, 1.54) is 24.3 Å². The second-order valence-electron chi connectivity index (χ2n) is 6.82. The van der Waals surface area contributed by atoms with E-state index >= 15 is 0 Å². The average Bonchev–Trinajstić information content (AvgIpc) is 2.78. The fourth-order valence-corrected chi connectivity index (χ4v) is 3.85. The molecule has 8 heteroatoms. The predicted molar refractivity (Wildman–Crippen MR) is 119 cm³/mol. The number of nitrogens with one attached hydrogen (secondary N) is 2. The maximum Gasteiger partial charge on any atom is 0.261 e. The third kappa shape index (κ3) is 6.23. The Kier molecular flexibility index (Phi) is 7.15.